The Kier molecular flexibility index (Phi) is 4.02. The Morgan fingerprint density at radius 1 is 1.39 bits per heavy atom. The zero-order valence-corrected chi connectivity index (χ0v) is 11.3. The number of sulfonamides is 1. The summed E-state index contributed by atoms with van der Waals surface area (Å²) in [6.07, 6.45) is 3.64. The van der Waals surface area contributed by atoms with Crippen molar-refractivity contribution in [3.63, 3.8) is 0 Å². The minimum atomic E-state index is -3.55. The van der Waals surface area contributed by atoms with Crippen LogP contribution in [-0.4, -0.2) is 25.3 Å². The molecule has 3 nitrogen and oxygen atoms in total. The molecule has 0 bridgehead atoms. The number of rotatable bonds is 3. The predicted octanol–water partition coefficient (Wildman–Crippen LogP) is 2.78. The summed E-state index contributed by atoms with van der Waals surface area (Å²) in [4.78, 5) is 0.0582. The minimum Gasteiger partial charge on any atom is -0.207 e. The van der Waals surface area contributed by atoms with Gasteiger partial charge in [0.2, 0.25) is 10.0 Å². The van der Waals surface area contributed by atoms with Crippen molar-refractivity contribution >= 4 is 10.0 Å². The van der Waals surface area contributed by atoms with Gasteiger partial charge in [-0.05, 0) is 37.5 Å². The van der Waals surface area contributed by atoms with Gasteiger partial charge in [-0.3, -0.25) is 0 Å². The van der Waals surface area contributed by atoms with E-state index >= 15 is 0 Å². The predicted molar refractivity (Wildman–Crippen MR) is 68.2 cm³/mol. The Morgan fingerprint density at radius 3 is 2.83 bits per heavy atom. The number of benzene rings is 1. The van der Waals surface area contributed by atoms with Crippen molar-refractivity contribution in [2.75, 3.05) is 6.54 Å². The van der Waals surface area contributed by atoms with Gasteiger partial charge in [0.05, 0.1) is 4.90 Å². The van der Waals surface area contributed by atoms with Crippen LogP contribution >= 0.6 is 0 Å². The molecule has 0 aromatic heterocycles. The van der Waals surface area contributed by atoms with E-state index in [1.54, 1.807) is 0 Å². The molecule has 1 fully saturated rings. The maximum atomic E-state index is 13.2. The first-order valence-corrected chi connectivity index (χ1v) is 7.77. The molecule has 1 unspecified atom stereocenters. The SMILES string of the molecule is CCC1CCCCN1S(=O)(=O)c1cccc(F)c1. The highest BCUT2D eigenvalue weighted by Crippen LogP contribution is 2.27. The molecule has 0 radical (unpaired) electrons. The van der Waals surface area contributed by atoms with Crippen LogP contribution in [0.25, 0.3) is 0 Å². The molecule has 100 valence electrons. The average Bonchev–Trinajstić information content (AvgIpc) is 2.38. The van der Waals surface area contributed by atoms with Crippen molar-refractivity contribution in [1.82, 2.24) is 4.31 Å². The lowest BCUT2D eigenvalue weighted by Gasteiger charge is -2.34. The third kappa shape index (κ3) is 2.57. The normalized spacial score (nSPS) is 22.0. The highest BCUT2D eigenvalue weighted by Gasteiger charge is 2.32. The number of hydrogen-bond acceptors (Lipinski definition) is 2. The monoisotopic (exact) mass is 271 g/mol. The molecule has 1 saturated heterocycles. The summed E-state index contributed by atoms with van der Waals surface area (Å²) in [5.74, 6) is -0.513. The Hall–Kier alpha value is -0.940. The molecule has 1 aliphatic heterocycles. The summed E-state index contributed by atoms with van der Waals surface area (Å²) < 4.78 is 39.6. The third-order valence-electron chi connectivity index (χ3n) is 3.45. The molecule has 1 aromatic carbocycles. The standard InChI is InChI=1S/C13H18FNO2S/c1-2-12-7-3-4-9-15(12)18(16,17)13-8-5-6-11(14)10-13/h5-6,8,10,12H,2-4,7,9H2,1H3. The number of piperidine rings is 1. The molecular weight excluding hydrogens is 253 g/mol. The lowest BCUT2D eigenvalue weighted by molar-refractivity contribution is 0.246. The zero-order valence-electron chi connectivity index (χ0n) is 10.5. The molecule has 0 aliphatic carbocycles. The quantitative estimate of drug-likeness (QED) is 0.847. The Bertz CT molecular complexity index is 515. The first-order valence-electron chi connectivity index (χ1n) is 6.33. The van der Waals surface area contributed by atoms with Crippen molar-refractivity contribution in [1.29, 1.82) is 0 Å². The molecule has 2 rings (SSSR count). The second kappa shape index (κ2) is 5.36. The topological polar surface area (TPSA) is 37.4 Å². The maximum Gasteiger partial charge on any atom is 0.243 e. The van der Waals surface area contributed by atoms with Gasteiger partial charge in [0, 0.05) is 12.6 Å². The molecule has 1 atom stereocenters. The molecular formula is C13H18FNO2S. The minimum absolute atomic E-state index is 0.0482. The molecule has 1 heterocycles. The fraction of sp³-hybridized carbons (Fsp3) is 0.538. The number of halogens is 1. The maximum absolute atomic E-state index is 13.2. The molecule has 0 amide bonds. The van der Waals surface area contributed by atoms with Gasteiger partial charge in [-0.15, -0.1) is 0 Å². The van der Waals surface area contributed by atoms with E-state index in [2.05, 4.69) is 0 Å². The molecule has 0 N–H and O–H groups in total. The Labute approximate surface area is 108 Å². The first kappa shape index (κ1) is 13.5. The van der Waals surface area contributed by atoms with Gasteiger partial charge in [-0.1, -0.05) is 19.4 Å². The number of hydrogen-bond donors (Lipinski definition) is 0. The summed E-state index contributed by atoms with van der Waals surface area (Å²) in [6, 6.07) is 5.29. The van der Waals surface area contributed by atoms with Gasteiger partial charge in [0.1, 0.15) is 5.82 Å². The van der Waals surface area contributed by atoms with Crippen molar-refractivity contribution in [2.24, 2.45) is 0 Å². The molecule has 1 aliphatic rings. The summed E-state index contributed by atoms with van der Waals surface area (Å²) >= 11 is 0. The van der Waals surface area contributed by atoms with E-state index in [1.165, 1.54) is 22.5 Å². The van der Waals surface area contributed by atoms with Gasteiger partial charge < -0.3 is 0 Å². The summed E-state index contributed by atoms with van der Waals surface area (Å²) in [7, 11) is -3.55. The van der Waals surface area contributed by atoms with E-state index in [4.69, 9.17) is 0 Å². The molecule has 0 spiro atoms. The van der Waals surface area contributed by atoms with Gasteiger partial charge in [-0.2, -0.15) is 4.31 Å². The van der Waals surface area contributed by atoms with Gasteiger partial charge in [0.25, 0.3) is 0 Å². The Balaban J connectivity index is 2.35. The van der Waals surface area contributed by atoms with Gasteiger partial charge in [-0.25, -0.2) is 12.8 Å². The van der Waals surface area contributed by atoms with Crippen LogP contribution in [0.2, 0.25) is 0 Å². The summed E-state index contributed by atoms with van der Waals surface area (Å²) in [5.41, 5.74) is 0. The molecule has 5 heteroatoms. The lowest BCUT2D eigenvalue weighted by Crippen LogP contribution is -2.43. The third-order valence-corrected chi connectivity index (χ3v) is 5.39. The number of nitrogens with zero attached hydrogens (tertiary/aromatic N) is 1. The van der Waals surface area contributed by atoms with E-state index in [-0.39, 0.29) is 10.9 Å². The summed E-state index contributed by atoms with van der Waals surface area (Å²) in [6.45, 7) is 2.53. The first-order chi connectivity index (χ1) is 8.55. The van der Waals surface area contributed by atoms with Crippen LogP contribution < -0.4 is 0 Å². The van der Waals surface area contributed by atoms with Gasteiger partial charge >= 0.3 is 0 Å². The van der Waals surface area contributed by atoms with Crippen molar-refractivity contribution in [3.05, 3.63) is 30.1 Å². The van der Waals surface area contributed by atoms with E-state index < -0.39 is 15.8 Å². The highest BCUT2D eigenvalue weighted by atomic mass is 32.2. The second-order valence-corrected chi connectivity index (χ2v) is 6.52. The van der Waals surface area contributed by atoms with Crippen LogP contribution in [0.5, 0.6) is 0 Å². The van der Waals surface area contributed by atoms with Crippen LogP contribution in [0.4, 0.5) is 4.39 Å². The van der Waals surface area contributed by atoms with Crippen molar-refractivity contribution in [3.8, 4) is 0 Å². The van der Waals surface area contributed by atoms with E-state index in [0.717, 1.165) is 31.7 Å². The van der Waals surface area contributed by atoms with E-state index in [9.17, 15) is 12.8 Å². The van der Waals surface area contributed by atoms with Crippen LogP contribution in [0.1, 0.15) is 32.6 Å². The van der Waals surface area contributed by atoms with Crippen molar-refractivity contribution in [2.45, 2.75) is 43.5 Å². The van der Waals surface area contributed by atoms with Crippen molar-refractivity contribution < 1.29 is 12.8 Å². The zero-order chi connectivity index (χ0) is 13.2. The molecule has 1 aromatic rings. The van der Waals surface area contributed by atoms with Crippen LogP contribution in [-0.2, 0) is 10.0 Å². The average molecular weight is 271 g/mol. The largest absolute Gasteiger partial charge is 0.243 e. The Morgan fingerprint density at radius 2 is 2.17 bits per heavy atom. The van der Waals surface area contributed by atoms with Crippen LogP contribution in [0, 0.1) is 5.82 Å². The summed E-state index contributed by atoms with van der Waals surface area (Å²) in [5, 5.41) is 0. The van der Waals surface area contributed by atoms with Gasteiger partial charge in [0.15, 0.2) is 0 Å². The van der Waals surface area contributed by atoms with Crippen LogP contribution in [0.15, 0.2) is 29.2 Å². The fourth-order valence-corrected chi connectivity index (χ4v) is 4.26. The second-order valence-electron chi connectivity index (χ2n) is 4.63. The smallest absolute Gasteiger partial charge is 0.207 e. The lowest BCUT2D eigenvalue weighted by atomic mass is 10.0. The molecule has 18 heavy (non-hydrogen) atoms. The highest BCUT2D eigenvalue weighted by molar-refractivity contribution is 7.89. The van der Waals surface area contributed by atoms with Crippen LogP contribution in [0.3, 0.4) is 0 Å². The van der Waals surface area contributed by atoms with E-state index in [1.807, 2.05) is 6.92 Å². The molecule has 0 saturated carbocycles. The van der Waals surface area contributed by atoms with E-state index in [0.29, 0.717) is 6.54 Å². The fourth-order valence-electron chi connectivity index (χ4n) is 2.46.